The van der Waals surface area contributed by atoms with Crippen molar-refractivity contribution in [2.75, 3.05) is 49.1 Å². The van der Waals surface area contributed by atoms with E-state index in [0.29, 0.717) is 42.4 Å². The molecular formula is C43H55N5O7S. The van der Waals surface area contributed by atoms with Crippen LogP contribution in [-0.4, -0.2) is 86.7 Å². The van der Waals surface area contributed by atoms with Gasteiger partial charge in [-0.15, -0.1) is 0 Å². The minimum absolute atomic E-state index is 0.106. The lowest BCUT2D eigenvalue weighted by Crippen LogP contribution is -2.47. The number of nitrogen functional groups attached to an aromatic ring is 1. The number of para-hydroxylation sites is 2. The van der Waals surface area contributed by atoms with Gasteiger partial charge in [0.1, 0.15) is 5.75 Å². The summed E-state index contributed by atoms with van der Waals surface area (Å²) in [6.45, 7) is 9.33. The van der Waals surface area contributed by atoms with Crippen LogP contribution < -0.4 is 20.5 Å². The molecule has 12 nitrogen and oxygen atoms in total. The Kier molecular flexibility index (Phi) is 14.5. The summed E-state index contributed by atoms with van der Waals surface area (Å²) >= 11 is 0. The number of hydrogen-bond acceptors (Lipinski definition) is 9. The van der Waals surface area contributed by atoms with Crippen molar-refractivity contribution >= 4 is 38.9 Å². The molecule has 0 spiro atoms. The summed E-state index contributed by atoms with van der Waals surface area (Å²) in [4.78, 5) is 31.3. The van der Waals surface area contributed by atoms with E-state index in [1.807, 2.05) is 52.1 Å². The van der Waals surface area contributed by atoms with Gasteiger partial charge in [-0.05, 0) is 107 Å². The molecule has 0 saturated heterocycles. The maximum Gasteiger partial charge on any atom is 0.261 e. The van der Waals surface area contributed by atoms with Crippen molar-refractivity contribution in [2.24, 2.45) is 5.92 Å². The molecule has 4 atom stereocenters. The van der Waals surface area contributed by atoms with Crippen molar-refractivity contribution in [3.05, 3.63) is 113 Å². The van der Waals surface area contributed by atoms with Crippen LogP contribution in [0.5, 0.6) is 5.75 Å². The number of ether oxygens (including phenoxy) is 2. The third-order valence-electron chi connectivity index (χ3n) is 10.0. The van der Waals surface area contributed by atoms with E-state index in [4.69, 9.17) is 15.2 Å². The number of nitrogens with zero attached hydrogens (tertiary/aromatic N) is 2. The van der Waals surface area contributed by atoms with Gasteiger partial charge in [0.25, 0.3) is 21.8 Å². The van der Waals surface area contributed by atoms with Crippen molar-refractivity contribution in [1.29, 1.82) is 0 Å². The number of anilines is 3. The van der Waals surface area contributed by atoms with Gasteiger partial charge in [-0.1, -0.05) is 48.9 Å². The number of hydrogen-bond donors (Lipinski definition) is 4. The summed E-state index contributed by atoms with van der Waals surface area (Å²) < 4.78 is 42.0. The molecule has 300 valence electrons. The number of nitrogens with one attached hydrogen (secondary N) is 2. The molecule has 1 aliphatic rings. The van der Waals surface area contributed by atoms with Crippen LogP contribution in [0.3, 0.4) is 0 Å². The number of carbonyl (C=O) groups is 2. The molecule has 0 radical (unpaired) electrons. The van der Waals surface area contributed by atoms with Gasteiger partial charge in [0.2, 0.25) is 0 Å². The molecule has 5 N–H and O–H groups in total. The lowest BCUT2D eigenvalue weighted by Gasteiger charge is -2.36. The Labute approximate surface area is 331 Å². The molecule has 56 heavy (non-hydrogen) atoms. The van der Waals surface area contributed by atoms with Crippen LogP contribution in [0, 0.1) is 12.8 Å². The summed E-state index contributed by atoms with van der Waals surface area (Å²) in [5.41, 5.74) is 9.93. The highest BCUT2D eigenvalue weighted by molar-refractivity contribution is 7.92. The monoisotopic (exact) mass is 785 g/mol. The molecule has 0 aliphatic carbocycles. The highest BCUT2D eigenvalue weighted by Crippen LogP contribution is 2.30. The molecule has 0 fully saturated rings. The largest absolute Gasteiger partial charge is 0.490 e. The van der Waals surface area contributed by atoms with E-state index in [-0.39, 0.29) is 59.2 Å². The van der Waals surface area contributed by atoms with Gasteiger partial charge in [-0.25, -0.2) is 8.42 Å². The Bertz CT molecular complexity index is 2040. The number of amides is 2. The Morgan fingerprint density at radius 2 is 1.73 bits per heavy atom. The van der Waals surface area contributed by atoms with Crippen molar-refractivity contribution in [3.63, 3.8) is 0 Å². The second-order valence-corrected chi connectivity index (χ2v) is 16.5. The van der Waals surface area contributed by atoms with Gasteiger partial charge in [0, 0.05) is 43.4 Å². The van der Waals surface area contributed by atoms with Crippen LogP contribution in [0.2, 0.25) is 0 Å². The van der Waals surface area contributed by atoms with E-state index in [9.17, 15) is 23.1 Å². The lowest BCUT2D eigenvalue weighted by molar-refractivity contribution is -0.0177. The zero-order chi connectivity index (χ0) is 40.4. The standard InChI is InChI=1S/C43H55N5O7S/c1-29-13-20-36(21-14-29)56(52,53)46-35-19-22-40-37(24-35)43(51)48(31(3)28-49)25-30(2)41(54-23-9-8-10-32(4)55-40)27-47(5)26-33-15-17-34(18-16-33)42(50)45-39-12-7-6-11-38(39)44/h6-7,11-22,24,30-32,41,46,49H,8-10,23,25-28,44H2,1-5H3,(H,45,50)/t30-,31+,32+,41-/m0/s1. The van der Waals surface area contributed by atoms with Crippen molar-refractivity contribution in [3.8, 4) is 5.75 Å². The highest BCUT2D eigenvalue weighted by atomic mass is 32.2. The normalized spacial score (nSPS) is 19.0. The van der Waals surface area contributed by atoms with Crippen molar-refractivity contribution in [2.45, 2.75) is 76.6 Å². The molecule has 4 aromatic carbocycles. The minimum atomic E-state index is -3.94. The number of aryl methyl sites for hydroxylation is 1. The second kappa shape index (κ2) is 19.3. The number of aliphatic hydroxyl groups excluding tert-OH is 1. The molecule has 0 saturated carbocycles. The van der Waals surface area contributed by atoms with E-state index >= 15 is 0 Å². The molecular weight excluding hydrogens is 731 g/mol. The number of nitrogens with two attached hydrogens (primary N) is 1. The van der Waals surface area contributed by atoms with E-state index in [1.165, 1.54) is 18.2 Å². The zero-order valence-corrected chi connectivity index (χ0v) is 33.7. The fraction of sp³-hybridized carbons (Fsp3) is 0.395. The molecule has 4 aromatic rings. The number of aliphatic hydroxyl groups is 1. The summed E-state index contributed by atoms with van der Waals surface area (Å²) in [5.74, 6) is -0.438. The topological polar surface area (TPSA) is 164 Å². The van der Waals surface area contributed by atoms with E-state index in [1.54, 1.807) is 60.4 Å². The lowest BCUT2D eigenvalue weighted by atomic mass is 10.0. The highest BCUT2D eigenvalue weighted by Gasteiger charge is 2.31. The molecule has 13 heteroatoms. The van der Waals surface area contributed by atoms with Crippen LogP contribution in [0.1, 0.15) is 71.9 Å². The van der Waals surface area contributed by atoms with Crippen LogP contribution >= 0.6 is 0 Å². The number of benzene rings is 4. The van der Waals surface area contributed by atoms with Gasteiger partial charge in [0.05, 0.1) is 46.7 Å². The number of carbonyl (C=O) groups excluding carboxylic acids is 2. The van der Waals surface area contributed by atoms with Gasteiger partial charge < -0.3 is 30.5 Å². The average Bonchev–Trinajstić information content (AvgIpc) is 3.17. The summed E-state index contributed by atoms with van der Waals surface area (Å²) in [6, 6.07) is 25.3. The number of sulfonamides is 1. The smallest absolute Gasteiger partial charge is 0.261 e. The SMILES string of the molecule is Cc1ccc(S(=O)(=O)Nc2ccc3c(c2)C(=O)N([C@H](C)CO)C[C@H](C)[C@H](CN(C)Cc2ccc(C(=O)Nc4ccccc4N)cc2)OCCCC[C@@H](C)O3)cc1. The Balaban J connectivity index is 1.33. The number of likely N-dealkylation sites (N-methyl/N-ethyl adjacent to an activating group) is 1. The Hall–Kier alpha value is -4.95. The molecule has 5 rings (SSSR count). The van der Waals surface area contributed by atoms with Gasteiger partial charge in [-0.3, -0.25) is 19.2 Å². The fourth-order valence-corrected chi connectivity index (χ4v) is 7.68. The predicted molar refractivity (Wildman–Crippen MR) is 220 cm³/mol. The fourth-order valence-electron chi connectivity index (χ4n) is 6.63. The second-order valence-electron chi connectivity index (χ2n) is 14.9. The molecule has 1 aliphatic heterocycles. The number of rotatable bonds is 11. The molecule has 0 aromatic heterocycles. The first-order valence-electron chi connectivity index (χ1n) is 19.1. The summed E-state index contributed by atoms with van der Waals surface area (Å²) in [7, 11) is -1.93. The average molecular weight is 786 g/mol. The van der Waals surface area contributed by atoms with Crippen LogP contribution in [0.25, 0.3) is 0 Å². The first kappa shape index (κ1) is 42.2. The molecule has 0 unspecified atom stereocenters. The molecule has 1 heterocycles. The van der Waals surface area contributed by atoms with Crippen molar-refractivity contribution < 1.29 is 32.6 Å². The Morgan fingerprint density at radius 1 is 1.02 bits per heavy atom. The quantitative estimate of drug-likeness (QED) is 0.123. The van der Waals surface area contributed by atoms with Crippen LogP contribution in [-0.2, 0) is 21.3 Å². The van der Waals surface area contributed by atoms with Crippen LogP contribution in [0.4, 0.5) is 17.1 Å². The van der Waals surface area contributed by atoms with E-state index in [0.717, 1.165) is 30.4 Å². The maximum absolute atomic E-state index is 14.5. The summed E-state index contributed by atoms with van der Waals surface area (Å²) in [5, 5.41) is 13.2. The van der Waals surface area contributed by atoms with Gasteiger partial charge in [-0.2, -0.15) is 0 Å². The Morgan fingerprint density at radius 3 is 2.43 bits per heavy atom. The third kappa shape index (κ3) is 11.3. The number of fused-ring (bicyclic) bond motifs is 1. The molecule has 2 amide bonds. The van der Waals surface area contributed by atoms with Crippen LogP contribution in [0.15, 0.2) is 95.9 Å². The maximum atomic E-state index is 14.5. The first-order chi connectivity index (χ1) is 26.7. The zero-order valence-electron chi connectivity index (χ0n) is 32.9. The van der Waals surface area contributed by atoms with Gasteiger partial charge >= 0.3 is 0 Å². The first-order valence-corrected chi connectivity index (χ1v) is 20.6. The minimum Gasteiger partial charge on any atom is -0.490 e. The summed E-state index contributed by atoms with van der Waals surface area (Å²) in [6.07, 6.45) is 1.91. The molecule has 0 bridgehead atoms. The van der Waals surface area contributed by atoms with Gasteiger partial charge in [0.15, 0.2) is 0 Å². The van der Waals surface area contributed by atoms with E-state index < -0.39 is 16.1 Å². The van der Waals surface area contributed by atoms with E-state index in [2.05, 4.69) is 14.9 Å². The van der Waals surface area contributed by atoms with Crippen molar-refractivity contribution in [1.82, 2.24) is 9.80 Å². The third-order valence-corrected chi connectivity index (χ3v) is 11.4. The predicted octanol–water partition coefficient (Wildman–Crippen LogP) is 6.56.